The molecule has 0 radical (unpaired) electrons. The van der Waals surface area contributed by atoms with Gasteiger partial charge in [0.25, 0.3) is 0 Å². The van der Waals surface area contributed by atoms with Gasteiger partial charge in [0.15, 0.2) is 5.57 Å². The topological polar surface area (TPSA) is 50.1 Å². The van der Waals surface area contributed by atoms with E-state index in [9.17, 15) is 4.79 Å². The first-order valence-electron chi connectivity index (χ1n) is 5.49. The largest absolute Gasteiger partial charge is 0.456 e. The average molecular weight is 273 g/mol. The van der Waals surface area contributed by atoms with Crippen molar-refractivity contribution in [1.29, 1.82) is 5.26 Å². The summed E-state index contributed by atoms with van der Waals surface area (Å²) in [4.78, 5) is 11.9. The molecule has 0 N–H and O–H groups in total. The quantitative estimate of drug-likeness (QED) is 0.435. The predicted octanol–water partition coefficient (Wildman–Crippen LogP) is 3.57. The fraction of sp³-hybridized carbons (Fsp3) is 0.667. The van der Waals surface area contributed by atoms with Crippen molar-refractivity contribution in [2.45, 2.75) is 40.2 Å². The van der Waals surface area contributed by atoms with Crippen LogP contribution in [0.4, 0.5) is 0 Å². The van der Waals surface area contributed by atoms with E-state index >= 15 is 0 Å². The van der Waals surface area contributed by atoms with Crippen LogP contribution in [0.2, 0.25) is 0 Å². The number of carbonyl (C=O) groups excluding carboxylic acids is 1. The molecule has 0 aliphatic carbocycles. The summed E-state index contributed by atoms with van der Waals surface area (Å²) < 4.78 is 5.97. The third-order valence-electron chi connectivity index (χ3n) is 1.47. The van der Waals surface area contributed by atoms with Gasteiger partial charge in [-0.3, -0.25) is 0 Å². The van der Waals surface area contributed by atoms with E-state index < -0.39 is 11.6 Å². The number of hydrogen-bond donors (Lipinski definition) is 0. The Morgan fingerprint density at radius 3 is 2.00 bits per heavy atom. The minimum absolute atomic E-state index is 0.124. The second kappa shape index (κ2) is 7.67. The highest BCUT2D eigenvalue weighted by Crippen LogP contribution is 2.32. The van der Waals surface area contributed by atoms with Crippen molar-refractivity contribution >= 4 is 29.5 Å². The Hall–Kier alpha value is -0.600. The zero-order valence-electron chi connectivity index (χ0n) is 11.0. The summed E-state index contributed by atoms with van der Waals surface area (Å²) >= 11 is 3.01. The third kappa shape index (κ3) is 6.64. The van der Waals surface area contributed by atoms with Gasteiger partial charge in [0.1, 0.15) is 11.7 Å². The van der Waals surface area contributed by atoms with Gasteiger partial charge in [-0.25, -0.2) is 4.79 Å². The molecule has 0 rings (SSSR count). The molecule has 0 aromatic rings. The SMILES string of the molecule is CCSC(SCC)=C(C#N)C(=O)OC(C)(C)C. The Morgan fingerprint density at radius 1 is 1.24 bits per heavy atom. The molecule has 0 fully saturated rings. The lowest BCUT2D eigenvalue weighted by molar-refractivity contribution is -0.149. The van der Waals surface area contributed by atoms with Crippen LogP contribution in [0, 0.1) is 11.3 Å². The Labute approximate surface area is 112 Å². The molecule has 0 amide bonds. The fourth-order valence-electron chi connectivity index (χ4n) is 0.952. The monoisotopic (exact) mass is 273 g/mol. The maximum Gasteiger partial charge on any atom is 0.351 e. The summed E-state index contributed by atoms with van der Waals surface area (Å²) in [5.74, 6) is 1.13. The van der Waals surface area contributed by atoms with Gasteiger partial charge in [0.05, 0.1) is 4.24 Å². The highest BCUT2D eigenvalue weighted by molar-refractivity contribution is 8.22. The number of carbonyl (C=O) groups is 1. The molecule has 0 saturated heterocycles. The van der Waals surface area contributed by atoms with Gasteiger partial charge < -0.3 is 4.74 Å². The predicted molar refractivity (Wildman–Crippen MR) is 74.7 cm³/mol. The van der Waals surface area contributed by atoms with Crippen molar-refractivity contribution in [3.05, 3.63) is 9.81 Å². The number of nitriles is 1. The van der Waals surface area contributed by atoms with Gasteiger partial charge in [-0.1, -0.05) is 13.8 Å². The molecule has 0 aliphatic heterocycles. The smallest absolute Gasteiger partial charge is 0.351 e. The van der Waals surface area contributed by atoms with Crippen LogP contribution in [0.15, 0.2) is 9.81 Å². The number of nitrogens with zero attached hydrogens (tertiary/aromatic N) is 1. The average Bonchev–Trinajstić information content (AvgIpc) is 2.16. The minimum Gasteiger partial charge on any atom is -0.456 e. The van der Waals surface area contributed by atoms with Gasteiger partial charge in [0, 0.05) is 0 Å². The van der Waals surface area contributed by atoms with Crippen molar-refractivity contribution in [2.24, 2.45) is 0 Å². The van der Waals surface area contributed by atoms with Gasteiger partial charge in [0.2, 0.25) is 0 Å². The summed E-state index contributed by atoms with van der Waals surface area (Å²) in [6.07, 6.45) is 0. The molecule has 0 unspecified atom stereocenters. The molecule has 0 aromatic carbocycles. The van der Waals surface area contributed by atoms with E-state index in [2.05, 4.69) is 0 Å². The number of ether oxygens (including phenoxy) is 1. The first kappa shape index (κ1) is 16.4. The lowest BCUT2D eigenvalue weighted by Gasteiger charge is -2.19. The van der Waals surface area contributed by atoms with Crippen LogP contribution in [-0.4, -0.2) is 23.1 Å². The number of rotatable bonds is 5. The second-order valence-electron chi connectivity index (χ2n) is 4.14. The molecule has 0 aliphatic rings. The molecule has 0 bridgehead atoms. The molecular formula is C12H19NO2S2. The van der Waals surface area contributed by atoms with E-state index in [4.69, 9.17) is 10.00 Å². The maximum atomic E-state index is 11.9. The highest BCUT2D eigenvalue weighted by atomic mass is 32.2. The van der Waals surface area contributed by atoms with Crippen molar-refractivity contribution in [2.75, 3.05) is 11.5 Å². The van der Waals surface area contributed by atoms with E-state index in [1.54, 1.807) is 20.8 Å². The summed E-state index contributed by atoms with van der Waals surface area (Å²) in [7, 11) is 0. The van der Waals surface area contributed by atoms with Crippen LogP contribution < -0.4 is 0 Å². The Balaban J connectivity index is 5.06. The summed E-state index contributed by atoms with van der Waals surface area (Å²) in [6, 6.07) is 1.96. The summed E-state index contributed by atoms with van der Waals surface area (Å²) in [5.41, 5.74) is -0.448. The Kier molecular flexibility index (Phi) is 7.40. The molecule has 96 valence electrons. The standard InChI is InChI=1S/C12H19NO2S2/c1-6-16-11(17-7-2)9(8-13)10(14)15-12(3,4)5/h6-7H2,1-5H3. The maximum absolute atomic E-state index is 11.9. The first-order chi connectivity index (χ1) is 7.85. The normalized spacial score (nSPS) is 10.6. The minimum atomic E-state index is -0.571. The molecule has 0 saturated carbocycles. The molecule has 0 atom stereocenters. The second-order valence-corrected chi connectivity index (χ2v) is 6.95. The molecule has 0 heterocycles. The van der Waals surface area contributed by atoms with Crippen LogP contribution in [0.5, 0.6) is 0 Å². The highest BCUT2D eigenvalue weighted by Gasteiger charge is 2.23. The summed E-state index contributed by atoms with van der Waals surface area (Å²) in [5, 5.41) is 9.08. The zero-order chi connectivity index (χ0) is 13.5. The Morgan fingerprint density at radius 2 is 1.71 bits per heavy atom. The summed E-state index contributed by atoms with van der Waals surface area (Å²) in [6.45, 7) is 9.36. The van der Waals surface area contributed by atoms with E-state index in [1.807, 2.05) is 19.9 Å². The number of hydrogen-bond acceptors (Lipinski definition) is 5. The fourth-order valence-corrected chi connectivity index (χ4v) is 3.06. The molecule has 17 heavy (non-hydrogen) atoms. The van der Waals surface area contributed by atoms with Gasteiger partial charge >= 0.3 is 5.97 Å². The van der Waals surface area contributed by atoms with Crippen LogP contribution in [0.3, 0.4) is 0 Å². The van der Waals surface area contributed by atoms with Crippen molar-refractivity contribution < 1.29 is 9.53 Å². The van der Waals surface area contributed by atoms with Crippen LogP contribution >= 0.6 is 23.5 Å². The van der Waals surface area contributed by atoms with Crippen LogP contribution in [0.1, 0.15) is 34.6 Å². The zero-order valence-corrected chi connectivity index (χ0v) is 12.6. The number of esters is 1. The first-order valence-corrected chi connectivity index (χ1v) is 7.46. The van der Waals surface area contributed by atoms with Crippen molar-refractivity contribution in [3.8, 4) is 6.07 Å². The third-order valence-corrected chi connectivity index (χ3v) is 3.69. The molecule has 3 nitrogen and oxygen atoms in total. The molecular weight excluding hydrogens is 254 g/mol. The molecule has 0 spiro atoms. The van der Waals surface area contributed by atoms with Crippen LogP contribution in [0.25, 0.3) is 0 Å². The lowest BCUT2D eigenvalue weighted by atomic mass is 10.2. The van der Waals surface area contributed by atoms with E-state index in [1.165, 1.54) is 23.5 Å². The Bertz CT molecular complexity index is 329. The van der Waals surface area contributed by atoms with Gasteiger partial charge in [-0.15, -0.1) is 23.5 Å². The van der Waals surface area contributed by atoms with Crippen molar-refractivity contribution in [3.63, 3.8) is 0 Å². The van der Waals surface area contributed by atoms with E-state index in [0.29, 0.717) is 0 Å². The van der Waals surface area contributed by atoms with E-state index in [0.717, 1.165) is 15.7 Å². The van der Waals surface area contributed by atoms with Crippen LogP contribution in [-0.2, 0) is 9.53 Å². The molecule has 5 heteroatoms. The lowest BCUT2D eigenvalue weighted by Crippen LogP contribution is -2.25. The van der Waals surface area contributed by atoms with Crippen molar-refractivity contribution in [1.82, 2.24) is 0 Å². The van der Waals surface area contributed by atoms with Gasteiger partial charge in [-0.2, -0.15) is 5.26 Å². The number of thioether (sulfide) groups is 2. The van der Waals surface area contributed by atoms with E-state index in [-0.39, 0.29) is 5.57 Å². The van der Waals surface area contributed by atoms with Gasteiger partial charge in [-0.05, 0) is 32.3 Å². The molecule has 0 aromatic heterocycles.